The van der Waals surface area contributed by atoms with E-state index in [0.717, 1.165) is 19.3 Å². The van der Waals surface area contributed by atoms with E-state index in [1.165, 1.54) is 14.2 Å². The summed E-state index contributed by atoms with van der Waals surface area (Å²) in [5.41, 5.74) is 0.378. The number of carbonyl (C=O) groups is 1. The zero-order valence-corrected chi connectivity index (χ0v) is 18.6. The van der Waals surface area contributed by atoms with Gasteiger partial charge in [0.2, 0.25) is 11.9 Å². The molecule has 1 fully saturated rings. The predicted molar refractivity (Wildman–Crippen MR) is 119 cm³/mol. The van der Waals surface area contributed by atoms with Gasteiger partial charge in [-0.05, 0) is 39.2 Å². The highest BCUT2D eigenvalue weighted by atomic mass is 16.5. The third-order valence-electron chi connectivity index (χ3n) is 6.46. The number of piperidine rings is 1. The minimum absolute atomic E-state index is 0.181. The Morgan fingerprint density at radius 2 is 1.88 bits per heavy atom. The van der Waals surface area contributed by atoms with Crippen LogP contribution in [0.5, 0.6) is 11.5 Å². The van der Waals surface area contributed by atoms with Crippen LogP contribution in [0.2, 0.25) is 0 Å². The molecule has 4 rings (SSSR count). The normalized spacial score (nSPS) is 24.8. The number of hydrogen-bond acceptors (Lipinski definition) is 7. The molecule has 168 valence electrons. The van der Waals surface area contributed by atoms with Crippen LogP contribution >= 0.6 is 0 Å². The summed E-state index contributed by atoms with van der Waals surface area (Å²) in [6.07, 6.45) is 3.11. The Hall–Kier alpha value is -3.54. The standard InChI is InChI=1S/C23H27N5O4/c1-12-7-5-8-13(2)28(12)23-26-20-18(22(30)27-23)17(15(11-24)21(29)25-20)14-9-6-10-16(31-3)19(14)32-4/h6,9-10,12-13,15,17H,5,7-8H2,1-4H3,(H2,25,26,27,29,30). The number of aromatic amines is 1. The van der Waals surface area contributed by atoms with Gasteiger partial charge in [-0.3, -0.25) is 14.6 Å². The summed E-state index contributed by atoms with van der Waals surface area (Å²) < 4.78 is 10.9. The van der Waals surface area contributed by atoms with Crippen LogP contribution in [0.4, 0.5) is 11.8 Å². The van der Waals surface area contributed by atoms with E-state index in [2.05, 4.69) is 40.1 Å². The van der Waals surface area contributed by atoms with E-state index in [0.29, 0.717) is 23.0 Å². The Morgan fingerprint density at radius 3 is 2.50 bits per heavy atom. The number of nitriles is 1. The zero-order valence-electron chi connectivity index (χ0n) is 18.6. The number of nitrogens with one attached hydrogen (secondary N) is 2. The molecule has 0 spiro atoms. The molecule has 0 aliphatic carbocycles. The van der Waals surface area contributed by atoms with Crippen LogP contribution in [-0.4, -0.2) is 42.2 Å². The highest BCUT2D eigenvalue weighted by Crippen LogP contribution is 2.45. The summed E-state index contributed by atoms with van der Waals surface area (Å²) in [7, 11) is 2.99. The van der Waals surface area contributed by atoms with E-state index in [9.17, 15) is 14.9 Å². The number of aromatic nitrogens is 2. The first-order valence-corrected chi connectivity index (χ1v) is 10.7. The Balaban J connectivity index is 1.91. The van der Waals surface area contributed by atoms with Gasteiger partial charge >= 0.3 is 0 Å². The number of H-pyrrole nitrogens is 1. The van der Waals surface area contributed by atoms with Crippen LogP contribution in [0.25, 0.3) is 0 Å². The predicted octanol–water partition coefficient (Wildman–Crippen LogP) is 2.78. The smallest absolute Gasteiger partial charge is 0.258 e. The number of ether oxygens (including phenoxy) is 2. The van der Waals surface area contributed by atoms with Gasteiger partial charge in [-0.15, -0.1) is 0 Å². The number of methoxy groups -OCH3 is 2. The molecule has 3 heterocycles. The van der Waals surface area contributed by atoms with Crippen molar-refractivity contribution in [1.82, 2.24) is 9.97 Å². The number of benzene rings is 1. The van der Waals surface area contributed by atoms with Crippen LogP contribution in [0, 0.1) is 17.2 Å². The largest absolute Gasteiger partial charge is 0.493 e. The SMILES string of the molecule is COc1cccc(C2c3c(nc(N4C(C)CCCC4C)[nH]c3=O)NC(=O)C2C#N)c1OC. The molecule has 2 aliphatic heterocycles. The fraction of sp³-hybridized carbons (Fsp3) is 0.478. The minimum atomic E-state index is -1.12. The van der Waals surface area contributed by atoms with Gasteiger partial charge in [0.15, 0.2) is 11.5 Å². The molecule has 2 aromatic rings. The molecule has 9 nitrogen and oxygen atoms in total. The maximum absolute atomic E-state index is 13.4. The lowest BCUT2D eigenvalue weighted by Crippen LogP contribution is -2.46. The van der Waals surface area contributed by atoms with E-state index < -0.39 is 17.7 Å². The topological polar surface area (TPSA) is 120 Å². The van der Waals surface area contributed by atoms with Gasteiger partial charge in [-0.1, -0.05) is 12.1 Å². The number of amides is 1. The Bertz CT molecular complexity index is 1130. The van der Waals surface area contributed by atoms with Gasteiger partial charge in [0.25, 0.3) is 5.56 Å². The average Bonchev–Trinajstić information content (AvgIpc) is 2.77. The summed E-state index contributed by atoms with van der Waals surface area (Å²) in [6.45, 7) is 4.20. The molecule has 0 radical (unpaired) electrons. The molecule has 32 heavy (non-hydrogen) atoms. The van der Waals surface area contributed by atoms with Crippen molar-refractivity contribution in [2.75, 3.05) is 24.4 Å². The van der Waals surface area contributed by atoms with Crippen molar-refractivity contribution < 1.29 is 14.3 Å². The van der Waals surface area contributed by atoms with Crippen LogP contribution < -0.4 is 25.2 Å². The van der Waals surface area contributed by atoms with Gasteiger partial charge in [-0.25, -0.2) is 0 Å². The van der Waals surface area contributed by atoms with E-state index in [4.69, 9.17) is 9.47 Å². The fourth-order valence-corrected chi connectivity index (χ4v) is 4.95. The molecular formula is C23H27N5O4. The fourth-order valence-electron chi connectivity index (χ4n) is 4.95. The number of anilines is 2. The first-order valence-electron chi connectivity index (χ1n) is 10.7. The molecule has 1 aromatic carbocycles. The molecule has 9 heteroatoms. The number of fused-ring (bicyclic) bond motifs is 1. The average molecular weight is 438 g/mol. The highest BCUT2D eigenvalue weighted by Gasteiger charge is 2.42. The molecule has 4 unspecified atom stereocenters. The maximum atomic E-state index is 13.4. The molecule has 2 N–H and O–H groups in total. The number of para-hydroxylation sites is 1. The van der Waals surface area contributed by atoms with Crippen molar-refractivity contribution in [3.8, 4) is 17.6 Å². The number of rotatable bonds is 4. The number of nitrogens with zero attached hydrogens (tertiary/aromatic N) is 3. The van der Waals surface area contributed by atoms with Crippen LogP contribution in [0.1, 0.15) is 50.2 Å². The van der Waals surface area contributed by atoms with E-state index in [1.807, 2.05) is 0 Å². The van der Waals surface area contributed by atoms with Gasteiger partial charge in [0, 0.05) is 23.6 Å². The van der Waals surface area contributed by atoms with Gasteiger partial charge in [-0.2, -0.15) is 10.2 Å². The molecule has 1 saturated heterocycles. The van der Waals surface area contributed by atoms with Crippen LogP contribution in [-0.2, 0) is 4.79 Å². The molecule has 1 amide bonds. The lowest BCUT2D eigenvalue weighted by molar-refractivity contribution is -0.119. The van der Waals surface area contributed by atoms with Gasteiger partial charge < -0.3 is 19.7 Å². The lowest BCUT2D eigenvalue weighted by Gasteiger charge is -2.40. The maximum Gasteiger partial charge on any atom is 0.258 e. The number of carbonyl (C=O) groups excluding carboxylic acids is 1. The summed E-state index contributed by atoms with van der Waals surface area (Å²) in [4.78, 5) is 35.9. The molecule has 4 atom stereocenters. The third-order valence-corrected chi connectivity index (χ3v) is 6.46. The Labute approximate surface area is 186 Å². The minimum Gasteiger partial charge on any atom is -0.493 e. The second kappa shape index (κ2) is 8.54. The molecular weight excluding hydrogens is 410 g/mol. The van der Waals surface area contributed by atoms with E-state index in [-0.39, 0.29) is 29.0 Å². The van der Waals surface area contributed by atoms with Crippen molar-refractivity contribution in [2.45, 2.75) is 51.1 Å². The summed E-state index contributed by atoms with van der Waals surface area (Å²) >= 11 is 0. The molecule has 1 aromatic heterocycles. The van der Waals surface area contributed by atoms with E-state index >= 15 is 0 Å². The first kappa shape index (κ1) is 21.7. The molecule has 2 aliphatic rings. The summed E-state index contributed by atoms with van der Waals surface area (Å²) in [5, 5.41) is 12.5. The van der Waals surface area contributed by atoms with Crippen molar-refractivity contribution >= 4 is 17.7 Å². The Morgan fingerprint density at radius 1 is 1.16 bits per heavy atom. The van der Waals surface area contributed by atoms with Crippen molar-refractivity contribution in [2.24, 2.45) is 5.92 Å². The third kappa shape index (κ3) is 3.45. The first-order chi connectivity index (χ1) is 15.4. The second-order valence-corrected chi connectivity index (χ2v) is 8.34. The monoisotopic (exact) mass is 437 g/mol. The molecule has 0 saturated carbocycles. The second-order valence-electron chi connectivity index (χ2n) is 8.34. The van der Waals surface area contributed by atoms with Crippen molar-refractivity contribution in [3.05, 3.63) is 39.7 Å². The summed E-state index contributed by atoms with van der Waals surface area (Å²) in [5.74, 6) is -1.03. The highest BCUT2D eigenvalue weighted by molar-refractivity contribution is 5.98. The lowest BCUT2D eigenvalue weighted by atomic mass is 9.78. The van der Waals surface area contributed by atoms with Crippen molar-refractivity contribution in [3.63, 3.8) is 0 Å². The quantitative estimate of drug-likeness (QED) is 0.754. The number of hydrogen-bond donors (Lipinski definition) is 2. The zero-order chi connectivity index (χ0) is 23.0. The Kier molecular flexibility index (Phi) is 5.78. The van der Waals surface area contributed by atoms with Gasteiger partial charge in [0.1, 0.15) is 11.7 Å². The van der Waals surface area contributed by atoms with Crippen LogP contribution in [0.3, 0.4) is 0 Å². The van der Waals surface area contributed by atoms with Gasteiger partial charge in [0.05, 0.1) is 25.9 Å². The van der Waals surface area contributed by atoms with Crippen LogP contribution in [0.15, 0.2) is 23.0 Å². The summed E-state index contributed by atoms with van der Waals surface area (Å²) in [6, 6.07) is 7.67. The van der Waals surface area contributed by atoms with Crippen molar-refractivity contribution in [1.29, 1.82) is 5.26 Å². The van der Waals surface area contributed by atoms with E-state index in [1.54, 1.807) is 18.2 Å². The molecule has 0 bridgehead atoms.